The molecule has 1 aliphatic heterocycles. The zero-order valence-corrected chi connectivity index (χ0v) is 12.7. The molecule has 0 radical (unpaired) electrons. The molecule has 1 aliphatic rings. The van der Waals surface area contributed by atoms with Gasteiger partial charge in [-0.3, -0.25) is 9.78 Å². The molecule has 0 fully saturated rings. The first kappa shape index (κ1) is 14.1. The molecule has 0 spiro atoms. The Morgan fingerprint density at radius 2 is 2.24 bits per heavy atom. The molecular weight excluding hydrogens is 280 g/mol. The second-order valence-corrected chi connectivity index (χ2v) is 6.31. The Bertz CT molecular complexity index is 628. The van der Waals surface area contributed by atoms with E-state index in [0.717, 1.165) is 17.7 Å². The van der Waals surface area contributed by atoms with Crippen molar-refractivity contribution < 1.29 is 4.79 Å². The number of rotatable bonds is 4. The van der Waals surface area contributed by atoms with Crippen molar-refractivity contribution in [2.75, 3.05) is 5.75 Å². The summed E-state index contributed by atoms with van der Waals surface area (Å²) in [5.74, 6) is 1.25. The third-order valence-corrected chi connectivity index (χ3v) is 4.73. The quantitative estimate of drug-likeness (QED) is 0.943. The fourth-order valence-corrected chi connectivity index (χ4v) is 3.48. The Hall–Kier alpha value is -1.81. The van der Waals surface area contributed by atoms with Crippen LogP contribution >= 0.6 is 11.8 Å². The number of benzene rings is 1. The number of hydrogen-bond donors (Lipinski definition) is 1. The lowest BCUT2D eigenvalue weighted by Crippen LogP contribution is -2.25. The monoisotopic (exact) mass is 298 g/mol. The van der Waals surface area contributed by atoms with E-state index in [9.17, 15) is 4.79 Å². The molecule has 1 N–H and O–H groups in total. The minimum Gasteiger partial charge on any atom is -0.350 e. The Balaban J connectivity index is 1.57. The summed E-state index contributed by atoms with van der Waals surface area (Å²) < 4.78 is 0. The third-order valence-electron chi connectivity index (χ3n) is 3.53. The number of fused-ring (bicyclic) bond motifs is 1. The topological polar surface area (TPSA) is 42.0 Å². The number of pyridine rings is 1. The van der Waals surface area contributed by atoms with Gasteiger partial charge in [0.25, 0.3) is 0 Å². The molecule has 0 bridgehead atoms. The molecule has 0 aliphatic carbocycles. The molecule has 0 unspecified atom stereocenters. The Kier molecular flexibility index (Phi) is 4.55. The predicted molar refractivity (Wildman–Crippen MR) is 85.3 cm³/mol. The van der Waals surface area contributed by atoms with E-state index < -0.39 is 0 Å². The molecule has 1 amide bonds. The van der Waals surface area contributed by atoms with E-state index in [0.29, 0.717) is 13.0 Å². The van der Waals surface area contributed by atoms with Gasteiger partial charge in [0.05, 0.1) is 18.7 Å². The molecule has 0 saturated heterocycles. The van der Waals surface area contributed by atoms with Gasteiger partial charge in [-0.05, 0) is 47.9 Å². The van der Waals surface area contributed by atoms with Crippen LogP contribution in [0.3, 0.4) is 0 Å². The number of amides is 1. The summed E-state index contributed by atoms with van der Waals surface area (Å²) in [6.07, 6.45) is 4.53. The molecule has 1 aromatic carbocycles. The predicted octanol–water partition coefficient (Wildman–Crippen LogP) is 2.98. The van der Waals surface area contributed by atoms with Gasteiger partial charge in [0, 0.05) is 11.1 Å². The summed E-state index contributed by atoms with van der Waals surface area (Å²) in [6, 6.07) is 12.1. The molecule has 0 atom stereocenters. The van der Waals surface area contributed by atoms with E-state index in [1.165, 1.54) is 22.6 Å². The van der Waals surface area contributed by atoms with Crippen molar-refractivity contribution in [2.45, 2.75) is 30.7 Å². The Morgan fingerprint density at radius 1 is 1.29 bits per heavy atom. The van der Waals surface area contributed by atoms with Gasteiger partial charge in [0.2, 0.25) is 5.91 Å². The van der Waals surface area contributed by atoms with Gasteiger partial charge in [0.1, 0.15) is 0 Å². The Labute approximate surface area is 129 Å². The van der Waals surface area contributed by atoms with Gasteiger partial charge in [-0.2, -0.15) is 0 Å². The number of thioether (sulfide) groups is 1. The van der Waals surface area contributed by atoms with E-state index in [1.54, 1.807) is 6.20 Å². The molecule has 21 heavy (non-hydrogen) atoms. The van der Waals surface area contributed by atoms with E-state index >= 15 is 0 Å². The van der Waals surface area contributed by atoms with Gasteiger partial charge in [-0.25, -0.2) is 0 Å². The number of hydrogen-bond acceptors (Lipinski definition) is 3. The number of nitrogens with one attached hydrogen (secondary N) is 1. The standard InChI is InChI=1S/C17H18N2OS/c20-17(19-12-15-5-1-2-8-18-15)11-13-6-7-16-14(10-13)4-3-9-21-16/h1-2,5-8,10H,3-4,9,11-12H2,(H,19,20). The van der Waals surface area contributed by atoms with Crippen LogP contribution in [-0.2, 0) is 24.2 Å². The number of carbonyl (C=O) groups excluding carboxylic acids is 1. The number of aromatic nitrogens is 1. The van der Waals surface area contributed by atoms with Gasteiger partial charge in [0.15, 0.2) is 0 Å². The molecule has 4 heteroatoms. The molecule has 0 saturated carbocycles. The van der Waals surface area contributed by atoms with E-state index in [2.05, 4.69) is 28.5 Å². The molecule has 3 rings (SSSR count). The Morgan fingerprint density at radius 3 is 3.10 bits per heavy atom. The van der Waals surface area contributed by atoms with Crippen LogP contribution in [0.4, 0.5) is 0 Å². The van der Waals surface area contributed by atoms with Crippen LogP contribution in [0.25, 0.3) is 0 Å². The molecule has 1 aromatic heterocycles. The van der Waals surface area contributed by atoms with E-state index in [-0.39, 0.29) is 5.91 Å². The van der Waals surface area contributed by atoms with Gasteiger partial charge >= 0.3 is 0 Å². The highest BCUT2D eigenvalue weighted by Crippen LogP contribution is 2.30. The number of nitrogens with zero attached hydrogens (tertiary/aromatic N) is 1. The second kappa shape index (κ2) is 6.76. The highest BCUT2D eigenvalue weighted by Gasteiger charge is 2.11. The molecule has 108 valence electrons. The average Bonchev–Trinajstić information content (AvgIpc) is 2.54. The fourth-order valence-electron chi connectivity index (χ4n) is 2.46. The van der Waals surface area contributed by atoms with Crippen LogP contribution < -0.4 is 5.32 Å². The average molecular weight is 298 g/mol. The van der Waals surface area contributed by atoms with Crippen LogP contribution in [0.5, 0.6) is 0 Å². The van der Waals surface area contributed by atoms with Crippen LogP contribution in [0.1, 0.15) is 23.2 Å². The van der Waals surface area contributed by atoms with E-state index in [1.807, 2.05) is 30.0 Å². The minimum absolute atomic E-state index is 0.0454. The maximum Gasteiger partial charge on any atom is 0.224 e. The zero-order valence-electron chi connectivity index (χ0n) is 11.8. The molecular formula is C17H18N2OS. The van der Waals surface area contributed by atoms with Crippen molar-refractivity contribution in [3.8, 4) is 0 Å². The number of carbonyl (C=O) groups is 1. The highest BCUT2D eigenvalue weighted by molar-refractivity contribution is 7.99. The molecule has 3 nitrogen and oxygen atoms in total. The molecule has 2 aromatic rings. The third kappa shape index (κ3) is 3.85. The van der Waals surface area contributed by atoms with Crippen molar-refractivity contribution in [1.29, 1.82) is 0 Å². The highest BCUT2D eigenvalue weighted by atomic mass is 32.2. The summed E-state index contributed by atoms with van der Waals surface area (Å²) in [5, 5.41) is 2.92. The van der Waals surface area contributed by atoms with Crippen LogP contribution in [0, 0.1) is 0 Å². The molecule has 2 heterocycles. The first-order chi connectivity index (χ1) is 10.3. The van der Waals surface area contributed by atoms with Crippen LogP contribution in [0.15, 0.2) is 47.5 Å². The summed E-state index contributed by atoms with van der Waals surface area (Å²) >= 11 is 1.92. The number of aryl methyl sites for hydroxylation is 1. The van der Waals surface area contributed by atoms with E-state index in [4.69, 9.17) is 0 Å². The van der Waals surface area contributed by atoms with Gasteiger partial charge in [-0.15, -0.1) is 11.8 Å². The lowest BCUT2D eigenvalue weighted by molar-refractivity contribution is -0.120. The summed E-state index contributed by atoms with van der Waals surface area (Å²) in [6.45, 7) is 0.487. The van der Waals surface area contributed by atoms with Crippen molar-refractivity contribution in [3.63, 3.8) is 0 Å². The second-order valence-electron chi connectivity index (χ2n) is 5.17. The summed E-state index contributed by atoms with van der Waals surface area (Å²) in [7, 11) is 0. The summed E-state index contributed by atoms with van der Waals surface area (Å²) in [5.41, 5.74) is 3.36. The van der Waals surface area contributed by atoms with Crippen LogP contribution in [-0.4, -0.2) is 16.6 Å². The van der Waals surface area contributed by atoms with Crippen molar-refractivity contribution in [3.05, 3.63) is 59.4 Å². The van der Waals surface area contributed by atoms with Crippen LogP contribution in [0.2, 0.25) is 0 Å². The normalized spacial score (nSPS) is 13.5. The van der Waals surface area contributed by atoms with Crippen molar-refractivity contribution >= 4 is 17.7 Å². The maximum atomic E-state index is 12.0. The zero-order chi connectivity index (χ0) is 14.5. The first-order valence-electron chi connectivity index (χ1n) is 7.22. The smallest absolute Gasteiger partial charge is 0.224 e. The van der Waals surface area contributed by atoms with Crippen molar-refractivity contribution in [2.24, 2.45) is 0 Å². The van der Waals surface area contributed by atoms with Gasteiger partial charge < -0.3 is 5.32 Å². The maximum absolute atomic E-state index is 12.0. The largest absolute Gasteiger partial charge is 0.350 e. The SMILES string of the molecule is O=C(Cc1ccc2c(c1)CCCS2)NCc1ccccn1. The van der Waals surface area contributed by atoms with Gasteiger partial charge in [-0.1, -0.05) is 18.2 Å². The minimum atomic E-state index is 0.0454. The first-order valence-corrected chi connectivity index (χ1v) is 8.21. The fraction of sp³-hybridized carbons (Fsp3) is 0.294. The lowest BCUT2D eigenvalue weighted by Gasteiger charge is -2.16. The van der Waals surface area contributed by atoms with Crippen molar-refractivity contribution in [1.82, 2.24) is 10.3 Å². The lowest BCUT2D eigenvalue weighted by atomic mass is 10.0. The summed E-state index contributed by atoms with van der Waals surface area (Å²) in [4.78, 5) is 17.6.